The topological polar surface area (TPSA) is 46.2 Å². The molecule has 0 heterocycles. The molecule has 0 bridgehead atoms. The number of rotatable bonds is 2. The maximum atomic E-state index is 13.8. The molecular weight excluding hydrogens is 224 g/mol. The fourth-order valence-corrected chi connectivity index (χ4v) is 1.68. The molecule has 1 rings (SSSR count). The van der Waals surface area contributed by atoms with Crippen LogP contribution in [-0.4, -0.2) is 11.2 Å². The Labute approximate surface area is 100 Å². The van der Waals surface area contributed by atoms with Gasteiger partial charge in [0.15, 0.2) is 0 Å². The van der Waals surface area contributed by atoms with Gasteiger partial charge in [-0.3, -0.25) is 0 Å². The lowest BCUT2D eigenvalue weighted by Gasteiger charge is -2.31. The van der Waals surface area contributed by atoms with E-state index in [-0.39, 0.29) is 5.56 Å². The van der Waals surface area contributed by atoms with Crippen molar-refractivity contribution in [3.63, 3.8) is 0 Å². The minimum atomic E-state index is -1.07. The zero-order valence-corrected chi connectivity index (χ0v) is 10.6. The summed E-state index contributed by atoms with van der Waals surface area (Å²) >= 11 is 0. The van der Waals surface area contributed by atoms with Gasteiger partial charge in [0.1, 0.15) is 11.6 Å². The number of aliphatic hydroxyl groups is 1. The van der Waals surface area contributed by atoms with Gasteiger partial charge in [0, 0.05) is 5.56 Å². The Balaban J connectivity index is 3.21. The SMILES string of the molecule is Cc1ccc(F)c([C@H](N)[C@H](O)C(C)(C)C)c1F. The summed E-state index contributed by atoms with van der Waals surface area (Å²) in [6, 6.07) is 1.45. The van der Waals surface area contributed by atoms with E-state index < -0.39 is 29.2 Å². The van der Waals surface area contributed by atoms with Crippen LogP contribution in [0.25, 0.3) is 0 Å². The van der Waals surface area contributed by atoms with Crippen LogP contribution in [0.3, 0.4) is 0 Å². The average molecular weight is 243 g/mol. The first-order chi connectivity index (χ1) is 7.66. The predicted molar refractivity (Wildman–Crippen MR) is 63.5 cm³/mol. The second-order valence-electron chi connectivity index (χ2n) is 5.43. The Kier molecular flexibility index (Phi) is 3.89. The van der Waals surface area contributed by atoms with E-state index in [2.05, 4.69) is 0 Å². The van der Waals surface area contributed by atoms with Crippen molar-refractivity contribution in [2.45, 2.75) is 39.8 Å². The molecule has 0 fully saturated rings. The van der Waals surface area contributed by atoms with Crippen LogP contribution in [-0.2, 0) is 0 Å². The van der Waals surface area contributed by atoms with Crippen LogP contribution in [0.4, 0.5) is 8.78 Å². The van der Waals surface area contributed by atoms with E-state index in [1.807, 2.05) is 0 Å². The summed E-state index contributed by atoms with van der Waals surface area (Å²) in [6.45, 7) is 6.84. The number of hydrogen-bond donors (Lipinski definition) is 2. The third-order valence-electron chi connectivity index (χ3n) is 2.88. The minimum Gasteiger partial charge on any atom is -0.391 e. The van der Waals surface area contributed by atoms with E-state index in [0.29, 0.717) is 5.56 Å². The Morgan fingerprint density at radius 2 is 1.76 bits per heavy atom. The van der Waals surface area contributed by atoms with Crippen LogP contribution in [0, 0.1) is 24.0 Å². The summed E-state index contributed by atoms with van der Waals surface area (Å²) in [6.07, 6.45) is -1.02. The Morgan fingerprint density at radius 1 is 1.24 bits per heavy atom. The molecule has 96 valence electrons. The highest BCUT2D eigenvalue weighted by molar-refractivity contribution is 5.30. The third kappa shape index (κ3) is 2.82. The van der Waals surface area contributed by atoms with Crippen molar-refractivity contribution in [1.82, 2.24) is 0 Å². The molecular formula is C13H19F2NO. The van der Waals surface area contributed by atoms with Crippen LogP contribution in [0.2, 0.25) is 0 Å². The smallest absolute Gasteiger partial charge is 0.133 e. The van der Waals surface area contributed by atoms with Crippen molar-refractivity contribution in [3.8, 4) is 0 Å². The summed E-state index contributed by atoms with van der Waals surface area (Å²) in [4.78, 5) is 0. The molecule has 0 spiro atoms. The first kappa shape index (κ1) is 14.1. The number of halogens is 2. The van der Waals surface area contributed by atoms with E-state index in [9.17, 15) is 13.9 Å². The molecule has 0 saturated heterocycles. The highest BCUT2D eigenvalue weighted by Gasteiger charge is 2.32. The second-order valence-corrected chi connectivity index (χ2v) is 5.43. The largest absolute Gasteiger partial charge is 0.391 e. The molecule has 0 aromatic heterocycles. The number of aryl methyl sites for hydroxylation is 1. The molecule has 2 nitrogen and oxygen atoms in total. The van der Waals surface area contributed by atoms with Gasteiger partial charge in [0.2, 0.25) is 0 Å². The van der Waals surface area contributed by atoms with Gasteiger partial charge < -0.3 is 10.8 Å². The number of benzene rings is 1. The first-order valence-electron chi connectivity index (χ1n) is 5.54. The highest BCUT2D eigenvalue weighted by Crippen LogP contribution is 2.31. The van der Waals surface area contributed by atoms with Gasteiger partial charge >= 0.3 is 0 Å². The molecule has 0 amide bonds. The molecule has 0 radical (unpaired) electrons. The molecule has 4 heteroatoms. The Hall–Kier alpha value is -1.00. The van der Waals surface area contributed by atoms with Crippen LogP contribution >= 0.6 is 0 Å². The summed E-state index contributed by atoms with van der Waals surface area (Å²) in [5.74, 6) is -1.40. The molecule has 1 aromatic carbocycles. The zero-order chi connectivity index (χ0) is 13.4. The fraction of sp³-hybridized carbons (Fsp3) is 0.538. The quantitative estimate of drug-likeness (QED) is 0.839. The standard InChI is InChI=1S/C13H19F2NO/c1-7-5-6-8(14)9(10(7)15)11(16)12(17)13(2,3)4/h5-6,11-12,17H,16H2,1-4H3/t11-,12-/m0/s1. The summed E-state index contributed by atoms with van der Waals surface area (Å²) in [5.41, 5.74) is 5.30. The monoisotopic (exact) mass is 243 g/mol. The fourth-order valence-electron chi connectivity index (χ4n) is 1.68. The second kappa shape index (κ2) is 4.70. The van der Waals surface area contributed by atoms with Gasteiger partial charge in [0.25, 0.3) is 0 Å². The van der Waals surface area contributed by atoms with Crippen LogP contribution in [0.1, 0.15) is 37.9 Å². The van der Waals surface area contributed by atoms with Crippen molar-refractivity contribution in [2.75, 3.05) is 0 Å². The molecule has 17 heavy (non-hydrogen) atoms. The summed E-state index contributed by atoms with van der Waals surface area (Å²) < 4.78 is 27.4. The minimum absolute atomic E-state index is 0.243. The number of nitrogens with two attached hydrogens (primary N) is 1. The summed E-state index contributed by atoms with van der Waals surface area (Å²) in [7, 11) is 0. The van der Waals surface area contributed by atoms with Gasteiger partial charge in [-0.25, -0.2) is 8.78 Å². The van der Waals surface area contributed by atoms with Crippen LogP contribution < -0.4 is 5.73 Å². The molecule has 0 aliphatic heterocycles. The molecule has 0 unspecified atom stereocenters. The average Bonchev–Trinajstić information content (AvgIpc) is 2.21. The maximum absolute atomic E-state index is 13.8. The van der Waals surface area contributed by atoms with Gasteiger partial charge in [-0.1, -0.05) is 26.8 Å². The van der Waals surface area contributed by atoms with Crippen molar-refractivity contribution in [1.29, 1.82) is 0 Å². The lowest BCUT2D eigenvalue weighted by Crippen LogP contribution is -2.38. The van der Waals surface area contributed by atoms with E-state index >= 15 is 0 Å². The molecule has 0 saturated carbocycles. The molecule has 3 N–H and O–H groups in total. The third-order valence-corrected chi connectivity index (χ3v) is 2.88. The predicted octanol–water partition coefficient (Wildman–Crippen LogP) is 2.68. The van der Waals surface area contributed by atoms with Crippen molar-refractivity contribution < 1.29 is 13.9 Å². The number of aliphatic hydroxyl groups excluding tert-OH is 1. The maximum Gasteiger partial charge on any atom is 0.133 e. The van der Waals surface area contributed by atoms with E-state index in [4.69, 9.17) is 5.73 Å². The van der Waals surface area contributed by atoms with E-state index in [0.717, 1.165) is 0 Å². The Bertz CT molecular complexity index is 413. The first-order valence-corrected chi connectivity index (χ1v) is 5.54. The summed E-state index contributed by atoms with van der Waals surface area (Å²) in [5, 5.41) is 9.99. The highest BCUT2D eigenvalue weighted by atomic mass is 19.1. The molecule has 0 aliphatic carbocycles. The normalized spacial score (nSPS) is 15.8. The Morgan fingerprint density at radius 3 is 2.24 bits per heavy atom. The van der Waals surface area contributed by atoms with Crippen molar-refractivity contribution in [3.05, 3.63) is 34.9 Å². The lowest BCUT2D eigenvalue weighted by molar-refractivity contribution is 0.0381. The van der Waals surface area contributed by atoms with Gasteiger partial charge in [0.05, 0.1) is 12.1 Å². The number of hydrogen-bond acceptors (Lipinski definition) is 2. The van der Waals surface area contributed by atoms with Crippen molar-refractivity contribution >= 4 is 0 Å². The molecule has 0 aliphatic rings. The van der Waals surface area contributed by atoms with Gasteiger partial charge in [-0.2, -0.15) is 0 Å². The zero-order valence-electron chi connectivity index (χ0n) is 10.6. The van der Waals surface area contributed by atoms with E-state index in [1.165, 1.54) is 19.1 Å². The van der Waals surface area contributed by atoms with Crippen LogP contribution in [0.5, 0.6) is 0 Å². The van der Waals surface area contributed by atoms with E-state index in [1.54, 1.807) is 20.8 Å². The van der Waals surface area contributed by atoms with Crippen molar-refractivity contribution in [2.24, 2.45) is 11.1 Å². The van der Waals surface area contributed by atoms with Gasteiger partial charge in [-0.05, 0) is 24.0 Å². The lowest BCUT2D eigenvalue weighted by atomic mass is 9.82. The molecule has 1 aromatic rings. The van der Waals surface area contributed by atoms with Gasteiger partial charge in [-0.15, -0.1) is 0 Å². The van der Waals surface area contributed by atoms with Crippen LogP contribution in [0.15, 0.2) is 12.1 Å². The molecule has 2 atom stereocenters.